The molecule has 0 saturated carbocycles. The van der Waals surface area contributed by atoms with Crippen LogP contribution in [0.4, 0.5) is 22.7 Å². The van der Waals surface area contributed by atoms with Gasteiger partial charge < -0.3 is 21.9 Å². The van der Waals surface area contributed by atoms with E-state index in [2.05, 4.69) is 159 Å². The van der Waals surface area contributed by atoms with Crippen molar-refractivity contribution in [1.29, 1.82) is 0 Å². The van der Waals surface area contributed by atoms with Crippen molar-refractivity contribution in [3.8, 4) is 41.8 Å². The van der Waals surface area contributed by atoms with Crippen LogP contribution in [0.15, 0.2) is 121 Å². The lowest BCUT2D eigenvalue weighted by Crippen LogP contribution is -2.52. The first-order chi connectivity index (χ1) is 36.3. The zero-order chi connectivity index (χ0) is 51.2. The molecule has 6 N–H and O–H groups in total. The van der Waals surface area contributed by atoms with Gasteiger partial charge >= 0.3 is 13.7 Å². The highest BCUT2D eigenvalue weighted by Gasteiger charge is 2.36. The molecule has 10 heteroatoms. The van der Waals surface area contributed by atoms with Crippen molar-refractivity contribution in [2.24, 2.45) is 0 Å². The fraction of sp³-hybridized carbons (Fsp3) is 0.375. The van der Waals surface area contributed by atoms with Gasteiger partial charge in [0.2, 0.25) is 0 Å². The lowest BCUT2D eigenvalue weighted by atomic mass is 9.48. The molecule has 384 valence electrons. The Kier molecular flexibility index (Phi) is 19.4. The molecule has 4 aromatic heterocycles. The first-order valence-electron chi connectivity index (χ1n) is 28.3. The van der Waals surface area contributed by atoms with E-state index < -0.39 is 0 Å². The van der Waals surface area contributed by atoms with Gasteiger partial charge in [0, 0.05) is 84.0 Å². The van der Waals surface area contributed by atoms with E-state index >= 15 is 0 Å². The zero-order valence-corrected chi connectivity index (χ0v) is 47.9. The molecule has 0 radical (unpaired) electrons. The average molecular weight is 1050 g/mol. The number of unbranched alkanes of at least 4 members (excludes halogenated alkanes) is 12. The monoisotopic (exact) mass is 1050 g/mol. The van der Waals surface area contributed by atoms with Crippen LogP contribution in [-0.4, -0.2) is 13.7 Å². The van der Waals surface area contributed by atoms with Gasteiger partial charge in [-0.05, 0) is 111 Å². The van der Waals surface area contributed by atoms with Gasteiger partial charge in [0.25, 0.3) is 0 Å². The molecule has 0 atom stereocenters. The summed E-state index contributed by atoms with van der Waals surface area (Å²) in [6.07, 6.45) is 25.4. The summed E-state index contributed by atoms with van der Waals surface area (Å²) in [6.45, 7) is 9.43. The number of thiophene rings is 4. The molecule has 0 spiro atoms. The van der Waals surface area contributed by atoms with E-state index in [9.17, 15) is 0 Å². The Labute approximate surface area is 461 Å². The van der Waals surface area contributed by atoms with Crippen LogP contribution in [0.3, 0.4) is 0 Å². The normalized spacial score (nSPS) is 12.3. The highest BCUT2D eigenvalue weighted by molar-refractivity contribution is 7.19. The van der Waals surface area contributed by atoms with Crippen LogP contribution in [0, 0.1) is 0 Å². The Hall–Kier alpha value is -4.99. The summed E-state index contributed by atoms with van der Waals surface area (Å²) in [5, 5.41) is 8.04. The Morgan fingerprint density at radius 2 is 0.730 bits per heavy atom. The zero-order valence-electron chi connectivity index (χ0n) is 44.6. The third kappa shape index (κ3) is 13.2. The molecule has 0 saturated heterocycles. The summed E-state index contributed by atoms with van der Waals surface area (Å²) in [4.78, 5) is 11.2. The van der Waals surface area contributed by atoms with Crippen LogP contribution in [0.5, 0.6) is 0 Å². The number of anilines is 4. The lowest BCUT2D eigenvalue weighted by molar-refractivity contribution is 0.670. The number of benzene rings is 4. The van der Waals surface area contributed by atoms with Gasteiger partial charge in [-0.15, -0.1) is 45.3 Å². The first-order valence-corrected chi connectivity index (χ1v) is 31.6. The molecule has 6 heterocycles. The molecular weight excluding hydrogens is 975 g/mol. The van der Waals surface area contributed by atoms with E-state index in [0.29, 0.717) is 0 Å². The Morgan fingerprint density at radius 1 is 0.365 bits per heavy atom. The predicted octanol–water partition coefficient (Wildman–Crippen LogP) is 17.0. The molecule has 8 aromatic rings. The standard InChI is InChI=1S/C38H42B2N2S2.C26H36N2S2/c1-3-5-7-15-21-29-23-33-37(43-29)31-25-36-32(26-35(31)41-39(33)27-17-11-9-12-18-27)38-34(24-30(44-38)22-16-8-6-4-2)40(42-36)28-19-13-10-14-20-28;1-3-5-7-9-11-19-13-15-25(29-19)21-17-24(28)22(18-23(21)27)26-16-14-20(30-26)12-10-8-6-4-2/h9-14,17-20,23-26,41-42H,3-8,15-16,21-22H2,1-2H3;13-18H,3-12,27-28H2,1-2H3. The van der Waals surface area contributed by atoms with Crippen LogP contribution < -0.4 is 43.8 Å². The SMILES string of the molecule is CCCCCCc1cc2c(s1)-c1cc3c(cc1NB2c1ccccc1)-c1sc(CCCCCC)cc1B(c1ccccc1)N3.CCCCCCc1ccc(-c2cc(N)c(-c3ccc(CCCCCC)s3)cc2N)s1. The number of fused-ring (bicyclic) bond motifs is 6. The van der Waals surface area contributed by atoms with Crippen molar-refractivity contribution in [2.45, 2.75) is 156 Å². The minimum absolute atomic E-state index is 0.169. The molecule has 0 fully saturated rings. The highest BCUT2D eigenvalue weighted by atomic mass is 32.1. The lowest BCUT2D eigenvalue weighted by Gasteiger charge is -2.30. The van der Waals surface area contributed by atoms with Crippen molar-refractivity contribution >= 4 is 104 Å². The van der Waals surface area contributed by atoms with E-state index in [1.807, 2.05) is 45.3 Å². The van der Waals surface area contributed by atoms with Crippen molar-refractivity contribution in [1.82, 2.24) is 0 Å². The summed E-state index contributed by atoms with van der Waals surface area (Å²) < 4.78 is 0. The van der Waals surface area contributed by atoms with Crippen molar-refractivity contribution in [3.63, 3.8) is 0 Å². The third-order valence-corrected chi connectivity index (χ3v) is 19.8. The number of hydrogen-bond acceptors (Lipinski definition) is 8. The van der Waals surface area contributed by atoms with E-state index in [1.165, 1.54) is 199 Å². The highest BCUT2D eigenvalue weighted by Crippen LogP contribution is 2.46. The van der Waals surface area contributed by atoms with Crippen molar-refractivity contribution < 1.29 is 0 Å². The molecule has 2 aliphatic heterocycles. The fourth-order valence-corrected chi connectivity index (χ4v) is 15.5. The minimum atomic E-state index is 0.169. The largest absolute Gasteiger partial charge is 0.420 e. The molecule has 0 unspecified atom stereocenters. The second-order valence-electron chi connectivity index (χ2n) is 20.7. The van der Waals surface area contributed by atoms with Crippen molar-refractivity contribution in [2.75, 3.05) is 21.9 Å². The van der Waals surface area contributed by atoms with Gasteiger partial charge in [-0.3, -0.25) is 0 Å². The molecule has 0 aliphatic carbocycles. The summed E-state index contributed by atoms with van der Waals surface area (Å²) in [5.41, 5.74) is 27.5. The molecule has 0 bridgehead atoms. The molecule has 4 nitrogen and oxygen atoms in total. The van der Waals surface area contributed by atoms with Gasteiger partial charge in [-0.1, -0.05) is 188 Å². The molecule has 74 heavy (non-hydrogen) atoms. The smallest absolute Gasteiger partial charge is 0.322 e. The summed E-state index contributed by atoms with van der Waals surface area (Å²) >= 11 is 7.75. The number of nitrogen functional groups attached to an aromatic ring is 2. The van der Waals surface area contributed by atoms with Crippen LogP contribution in [0.25, 0.3) is 41.8 Å². The number of hydrogen-bond donors (Lipinski definition) is 4. The molecule has 0 amide bonds. The summed E-state index contributed by atoms with van der Waals surface area (Å²) in [6, 6.07) is 45.0. The van der Waals surface area contributed by atoms with E-state index in [4.69, 9.17) is 11.5 Å². The van der Waals surface area contributed by atoms with Gasteiger partial charge in [0.15, 0.2) is 0 Å². The molecule has 4 aromatic carbocycles. The number of nitrogens with two attached hydrogens (primary N) is 2. The van der Waals surface area contributed by atoms with E-state index in [0.717, 1.165) is 35.3 Å². The van der Waals surface area contributed by atoms with Gasteiger partial charge in [-0.25, -0.2) is 0 Å². The maximum Gasteiger partial charge on any atom is 0.322 e. The fourth-order valence-electron chi connectivity index (χ4n) is 10.8. The van der Waals surface area contributed by atoms with Gasteiger partial charge in [-0.2, -0.15) is 0 Å². The van der Waals surface area contributed by atoms with Crippen LogP contribution in [0.2, 0.25) is 0 Å². The Balaban J connectivity index is 0.000000196. The van der Waals surface area contributed by atoms with Gasteiger partial charge in [0.05, 0.1) is 0 Å². The van der Waals surface area contributed by atoms with Crippen LogP contribution >= 0.6 is 45.3 Å². The van der Waals surface area contributed by atoms with E-state index in [1.54, 1.807) is 0 Å². The quantitative estimate of drug-likeness (QED) is 0.0276. The maximum absolute atomic E-state index is 6.48. The predicted molar refractivity (Wildman–Crippen MR) is 337 cm³/mol. The van der Waals surface area contributed by atoms with Crippen molar-refractivity contribution in [3.05, 3.63) is 141 Å². The first kappa shape index (κ1) is 53.8. The average Bonchev–Trinajstić information content (AvgIpc) is 4.27. The van der Waals surface area contributed by atoms with E-state index in [-0.39, 0.29) is 13.7 Å². The molecule has 2 aliphatic rings. The summed E-state index contributed by atoms with van der Waals surface area (Å²) in [7, 11) is 0. The number of rotatable bonds is 24. The Bertz CT molecular complexity index is 2820. The molecular formula is C64H78B2N4S4. The number of nitrogens with one attached hydrogen (secondary N) is 2. The van der Waals surface area contributed by atoms with Crippen LogP contribution in [0.1, 0.15) is 150 Å². The van der Waals surface area contributed by atoms with Gasteiger partial charge in [0.1, 0.15) is 0 Å². The Morgan fingerprint density at radius 3 is 1.09 bits per heavy atom. The number of aryl methyl sites for hydroxylation is 4. The third-order valence-electron chi connectivity index (χ3n) is 14.9. The second kappa shape index (κ2) is 26.7. The maximum atomic E-state index is 6.48. The molecule has 10 rings (SSSR count). The minimum Gasteiger partial charge on any atom is -0.420 e. The van der Waals surface area contributed by atoms with Crippen LogP contribution in [-0.2, 0) is 25.7 Å². The summed E-state index contributed by atoms with van der Waals surface area (Å²) in [5.74, 6) is 0. The second-order valence-corrected chi connectivity index (χ2v) is 25.3. The topological polar surface area (TPSA) is 76.1 Å².